The molecule has 3 rings (SSSR count). The van der Waals surface area contributed by atoms with Gasteiger partial charge in [-0.3, -0.25) is 9.52 Å². The Labute approximate surface area is 164 Å². The zero-order valence-electron chi connectivity index (χ0n) is 15.7. The number of rotatable bonds is 7. The van der Waals surface area contributed by atoms with E-state index in [2.05, 4.69) is 10.0 Å². The average molecular weight is 405 g/mol. The van der Waals surface area contributed by atoms with Crippen LogP contribution in [0.15, 0.2) is 42.5 Å². The highest BCUT2D eigenvalue weighted by molar-refractivity contribution is 7.90. The van der Waals surface area contributed by atoms with Crippen LogP contribution in [0, 0.1) is 0 Å². The van der Waals surface area contributed by atoms with Crippen molar-refractivity contribution < 1.29 is 23.1 Å². The molecule has 1 atom stereocenters. The van der Waals surface area contributed by atoms with Gasteiger partial charge in [0.05, 0.1) is 12.3 Å². The molecule has 0 aromatic heterocycles. The van der Waals surface area contributed by atoms with Crippen LogP contribution in [-0.2, 0) is 15.0 Å². The molecule has 0 saturated carbocycles. The third-order valence-electron chi connectivity index (χ3n) is 4.46. The molecule has 0 spiro atoms. The molecule has 1 heterocycles. The molecule has 3 N–H and O–H groups in total. The summed E-state index contributed by atoms with van der Waals surface area (Å²) in [6.07, 6.45) is 0.245. The predicted molar refractivity (Wildman–Crippen MR) is 107 cm³/mol. The number of aliphatic hydroxyl groups excluding tert-OH is 1. The fourth-order valence-corrected chi connectivity index (χ4v) is 3.71. The van der Waals surface area contributed by atoms with E-state index in [4.69, 9.17) is 9.84 Å². The minimum absolute atomic E-state index is 0.106. The number of carbonyl (C=O) groups is 1. The largest absolute Gasteiger partial charge is 0.491 e. The molecule has 150 valence electrons. The van der Waals surface area contributed by atoms with E-state index in [0.717, 1.165) is 15.4 Å². The standard InChI is InChI=1S/C19H23N3O5S/c1-22(2)28(25,26)21-13-7-8-14-16(12-19(24)20-17(14)11-13)15-5-3-4-6-18(15)27-10-9-23/h3-8,11,16,21,23H,9-10,12H2,1-2H3,(H,20,24). The van der Waals surface area contributed by atoms with Gasteiger partial charge in [-0.05, 0) is 23.8 Å². The first-order valence-corrected chi connectivity index (χ1v) is 10.2. The zero-order chi connectivity index (χ0) is 20.3. The number of hydrogen-bond acceptors (Lipinski definition) is 5. The molecular weight excluding hydrogens is 382 g/mol. The highest BCUT2D eigenvalue weighted by Crippen LogP contribution is 2.41. The van der Waals surface area contributed by atoms with Gasteiger partial charge in [-0.15, -0.1) is 0 Å². The van der Waals surface area contributed by atoms with Gasteiger partial charge in [0.25, 0.3) is 0 Å². The van der Waals surface area contributed by atoms with Gasteiger partial charge in [-0.2, -0.15) is 12.7 Å². The number of nitrogens with zero attached hydrogens (tertiary/aromatic N) is 1. The Balaban J connectivity index is 1.98. The second-order valence-electron chi connectivity index (χ2n) is 6.61. The van der Waals surface area contributed by atoms with E-state index in [-0.39, 0.29) is 31.5 Å². The molecule has 28 heavy (non-hydrogen) atoms. The fraction of sp³-hybridized carbons (Fsp3) is 0.316. The first kappa shape index (κ1) is 20.1. The molecule has 1 unspecified atom stereocenters. The van der Waals surface area contributed by atoms with Crippen molar-refractivity contribution in [3.8, 4) is 5.75 Å². The summed E-state index contributed by atoms with van der Waals surface area (Å²) in [6.45, 7) is 0.0551. The number of aliphatic hydroxyl groups is 1. The number of carbonyl (C=O) groups excluding carboxylic acids is 1. The molecule has 2 aromatic carbocycles. The van der Waals surface area contributed by atoms with Crippen molar-refractivity contribution in [2.45, 2.75) is 12.3 Å². The maximum Gasteiger partial charge on any atom is 0.301 e. The lowest BCUT2D eigenvalue weighted by Gasteiger charge is -2.28. The van der Waals surface area contributed by atoms with Crippen molar-refractivity contribution in [2.24, 2.45) is 0 Å². The predicted octanol–water partition coefficient (Wildman–Crippen LogP) is 1.75. The SMILES string of the molecule is CN(C)S(=O)(=O)Nc1ccc2c(c1)NC(=O)CC2c1ccccc1OCCO. The van der Waals surface area contributed by atoms with E-state index in [1.54, 1.807) is 24.3 Å². The lowest BCUT2D eigenvalue weighted by molar-refractivity contribution is -0.116. The Morgan fingerprint density at radius 3 is 2.68 bits per heavy atom. The molecule has 0 saturated heterocycles. The summed E-state index contributed by atoms with van der Waals surface area (Å²) in [4.78, 5) is 12.3. The van der Waals surface area contributed by atoms with Gasteiger partial charge in [0, 0.05) is 37.7 Å². The number of para-hydroxylation sites is 1. The molecule has 0 fully saturated rings. The summed E-state index contributed by atoms with van der Waals surface area (Å²) in [5.74, 6) is 0.208. The highest BCUT2D eigenvalue weighted by Gasteiger charge is 2.29. The Morgan fingerprint density at radius 1 is 1.21 bits per heavy atom. The number of hydrogen-bond donors (Lipinski definition) is 3. The van der Waals surface area contributed by atoms with Crippen molar-refractivity contribution in [3.05, 3.63) is 53.6 Å². The van der Waals surface area contributed by atoms with Crippen LogP contribution in [0.4, 0.5) is 11.4 Å². The van der Waals surface area contributed by atoms with E-state index in [1.807, 2.05) is 18.2 Å². The molecule has 8 nitrogen and oxygen atoms in total. The summed E-state index contributed by atoms with van der Waals surface area (Å²) in [6, 6.07) is 12.5. The van der Waals surface area contributed by atoms with E-state index < -0.39 is 10.2 Å². The molecule has 9 heteroatoms. The van der Waals surface area contributed by atoms with Gasteiger partial charge in [-0.25, -0.2) is 0 Å². The lowest BCUT2D eigenvalue weighted by Crippen LogP contribution is -2.29. The third-order valence-corrected chi connectivity index (χ3v) is 5.92. The summed E-state index contributed by atoms with van der Waals surface area (Å²) < 4.78 is 33.3. The highest BCUT2D eigenvalue weighted by atomic mass is 32.2. The van der Waals surface area contributed by atoms with Crippen LogP contribution in [0.2, 0.25) is 0 Å². The van der Waals surface area contributed by atoms with Crippen LogP contribution in [0.5, 0.6) is 5.75 Å². The minimum atomic E-state index is -3.65. The summed E-state index contributed by atoms with van der Waals surface area (Å²) in [7, 11) is -0.782. The molecule has 2 aromatic rings. The first-order chi connectivity index (χ1) is 13.3. The van der Waals surface area contributed by atoms with Crippen molar-refractivity contribution in [3.63, 3.8) is 0 Å². The minimum Gasteiger partial charge on any atom is -0.491 e. The summed E-state index contributed by atoms with van der Waals surface area (Å²) in [5, 5.41) is 11.9. The summed E-state index contributed by atoms with van der Waals surface area (Å²) in [5.41, 5.74) is 2.62. The number of ether oxygens (including phenoxy) is 1. The Kier molecular flexibility index (Phi) is 5.87. The molecule has 1 aliphatic heterocycles. The van der Waals surface area contributed by atoms with E-state index in [0.29, 0.717) is 17.1 Å². The maximum absolute atomic E-state index is 12.3. The zero-order valence-corrected chi connectivity index (χ0v) is 16.5. The van der Waals surface area contributed by atoms with Crippen LogP contribution < -0.4 is 14.8 Å². The van der Waals surface area contributed by atoms with Gasteiger partial charge < -0.3 is 15.2 Å². The van der Waals surface area contributed by atoms with Gasteiger partial charge in [0.15, 0.2) is 0 Å². The first-order valence-electron chi connectivity index (χ1n) is 8.78. The number of nitrogens with one attached hydrogen (secondary N) is 2. The van der Waals surface area contributed by atoms with Crippen LogP contribution in [0.1, 0.15) is 23.5 Å². The van der Waals surface area contributed by atoms with Crippen LogP contribution in [0.3, 0.4) is 0 Å². The molecule has 1 amide bonds. The van der Waals surface area contributed by atoms with Crippen LogP contribution in [0.25, 0.3) is 0 Å². The van der Waals surface area contributed by atoms with Crippen molar-refractivity contribution in [1.82, 2.24) is 4.31 Å². The molecule has 0 radical (unpaired) electrons. The number of fused-ring (bicyclic) bond motifs is 1. The van der Waals surface area contributed by atoms with Gasteiger partial charge in [-0.1, -0.05) is 24.3 Å². The third kappa shape index (κ3) is 4.27. The van der Waals surface area contributed by atoms with Crippen molar-refractivity contribution >= 4 is 27.5 Å². The van der Waals surface area contributed by atoms with Gasteiger partial charge in [0.2, 0.25) is 5.91 Å². The second-order valence-corrected chi connectivity index (χ2v) is 8.49. The fourth-order valence-electron chi connectivity index (χ4n) is 3.10. The normalized spacial score (nSPS) is 16.4. The Hall–Kier alpha value is -2.62. The topological polar surface area (TPSA) is 108 Å². The lowest BCUT2D eigenvalue weighted by atomic mass is 9.84. The van der Waals surface area contributed by atoms with Crippen molar-refractivity contribution in [1.29, 1.82) is 0 Å². The van der Waals surface area contributed by atoms with Crippen LogP contribution in [-0.4, -0.2) is 51.0 Å². The Bertz CT molecular complexity index is 975. The maximum atomic E-state index is 12.3. The number of amides is 1. The van der Waals surface area contributed by atoms with E-state index >= 15 is 0 Å². The van der Waals surface area contributed by atoms with Gasteiger partial charge in [0.1, 0.15) is 12.4 Å². The number of benzene rings is 2. The summed E-state index contributed by atoms with van der Waals surface area (Å²) >= 11 is 0. The quantitative estimate of drug-likeness (QED) is 0.650. The molecule has 1 aliphatic rings. The van der Waals surface area contributed by atoms with Gasteiger partial charge >= 0.3 is 10.2 Å². The monoisotopic (exact) mass is 405 g/mol. The van der Waals surface area contributed by atoms with Crippen molar-refractivity contribution in [2.75, 3.05) is 37.3 Å². The molecule has 0 bridgehead atoms. The Morgan fingerprint density at radius 2 is 1.96 bits per heavy atom. The number of anilines is 2. The van der Waals surface area contributed by atoms with E-state index in [9.17, 15) is 13.2 Å². The molecular formula is C19H23N3O5S. The van der Waals surface area contributed by atoms with E-state index in [1.165, 1.54) is 14.1 Å². The van der Waals surface area contributed by atoms with Crippen LogP contribution >= 0.6 is 0 Å². The molecule has 0 aliphatic carbocycles. The average Bonchev–Trinajstić information content (AvgIpc) is 2.65. The second kappa shape index (κ2) is 8.17. The smallest absolute Gasteiger partial charge is 0.301 e.